The van der Waals surface area contributed by atoms with Gasteiger partial charge in [0.05, 0.1) is 17.6 Å². The molecule has 6 nitrogen and oxygen atoms in total. The van der Waals surface area contributed by atoms with E-state index < -0.39 is 11.9 Å². The molecule has 1 saturated carbocycles. The van der Waals surface area contributed by atoms with Gasteiger partial charge in [-0.05, 0) is 37.1 Å². The maximum Gasteiger partial charge on any atom is 0.339 e. The lowest BCUT2D eigenvalue weighted by Gasteiger charge is -2.08. The summed E-state index contributed by atoms with van der Waals surface area (Å²) in [5.41, 5.74) is 7.30. The van der Waals surface area contributed by atoms with Crippen LogP contribution in [0.4, 0.5) is 0 Å². The molecule has 0 radical (unpaired) electrons. The molecule has 1 fully saturated rings. The van der Waals surface area contributed by atoms with Gasteiger partial charge < -0.3 is 10.8 Å². The second-order valence-corrected chi connectivity index (χ2v) is 4.85. The summed E-state index contributed by atoms with van der Waals surface area (Å²) in [5, 5.41) is 13.4. The number of aromatic nitrogens is 2. The maximum absolute atomic E-state index is 11.2. The van der Waals surface area contributed by atoms with Crippen LogP contribution < -0.4 is 5.73 Å². The Morgan fingerprint density at radius 3 is 2.40 bits per heavy atom. The van der Waals surface area contributed by atoms with Gasteiger partial charge in [0.1, 0.15) is 5.56 Å². The second-order valence-electron chi connectivity index (χ2n) is 4.85. The summed E-state index contributed by atoms with van der Waals surface area (Å²) in [6, 6.07) is 6.64. The Hall–Kier alpha value is -2.63. The number of carboxylic acid groups (broad SMARTS) is 1. The smallest absolute Gasteiger partial charge is 0.339 e. The molecule has 102 valence electrons. The topological polar surface area (TPSA) is 98.2 Å². The average molecular weight is 271 g/mol. The Bertz CT molecular complexity index is 684. The van der Waals surface area contributed by atoms with Crippen LogP contribution in [0.3, 0.4) is 0 Å². The number of carbonyl (C=O) groups excluding carboxylic acids is 1. The highest BCUT2D eigenvalue weighted by Gasteiger charge is 2.32. The Morgan fingerprint density at radius 1 is 1.25 bits per heavy atom. The Kier molecular flexibility index (Phi) is 2.78. The Balaban J connectivity index is 2.05. The third-order valence-corrected chi connectivity index (χ3v) is 3.40. The van der Waals surface area contributed by atoms with E-state index >= 15 is 0 Å². The van der Waals surface area contributed by atoms with Gasteiger partial charge in [-0.25, -0.2) is 9.48 Å². The van der Waals surface area contributed by atoms with Crippen LogP contribution >= 0.6 is 0 Å². The number of rotatable bonds is 4. The first-order valence-electron chi connectivity index (χ1n) is 6.29. The molecule has 1 amide bonds. The zero-order valence-electron chi connectivity index (χ0n) is 10.6. The standard InChI is InChI=1S/C14H13N3O3/c15-13(18)9-3-5-10(6-4-9)17-12(8-1-2-8)11(7-16-17)14(19)20/h3-8H,1-2H2,(H2,15,18)(H,19,20). The fraction of sp³-hybridized carbons (Fsp3) is 0.214. The highest BCUT2D eigenvalue weighted by molar-refractivity contribution is 5.93. The lowest BCUT2D eigenvalue weighted by Crippen LogP contribution is -2.11. The van der Waals surface area contributed by atoms with Gasteiger partial charge in [0.15, 0.2) is 0 Å². The van der Waals surface area contributed by atoms with Crippen molar-refractivity contribution in [1.82, 2.24) is 9.78 Å². The van der Waals surface area contributed by atoms with Crippen LogP contribution in [0.2, 0.25) is 0 Å². The van der Waals surface area contributed by atoms with Gasteiger partial charge in [0.25, 0.3) is 0 Å². The largest absolute Gasteiger partial charge is 0.478 e. The minimum Gasteiger partial charge on any atom is -0.478 e. The molecule has 6 heteroatoms. The van der Waals surface area contributed by atoms with Crippen LogP contribution in [0.15, 0.2) is 30.5 Å². The molecule has 0 saturated heterocycles. The number of benzene rings is 1. The number of carbonyl (C=O) groups is 2. The number of primary amides is 1. The maximum atomic E-state index is 11.2. The first-order valence-corrected chi connectivity index (χ1v) is 6.29. The lowest BCUT2D eigenvalue weighted by atomic mass is 10.1. The second kappa shape index (κ2) is 4.48. The van der Waals surface area contributed by atoms with Gasteiger partial charge in [0.2, 0.25) is 5.91 Å². The number of amides is 1. The molecule has 0 unspecified atom stereocenters. The predicted molar refractivity (Wildman–Crippen MR) is 71.0 cm³/mol. The van der Waals surface area contributed by atoms with E-state index in [1.165, 1.54) is 6.20 Å². The molecule has 0 spiro atoms. The molecule has 0 aliphatic heterocycles. The molecule has 3 rings (SSSR count). The van der Waals surface area contributed by atoms with Crippen molar-refractivity contribution in [2.24, 2.45) is 5.73 Å². The average Bonchev–Trinajstić information content (AvgIpc) is 3.17. The summed E-state index contributed by atoms with van der Waals surface area (Å²) >= 11 is 0. The van der Waals surface area contributed by atoms with E-state index in [1.807, 2.05) is 0 Å². The summed E-state index contributed by atoms with van der Waals surface area (Å²) in [6.07, 6.45) is 3.33. The number of hydrogen-bond acceptors (Lipinski definition) is 3. The van der Waals surface area contributed by atoms with Gasteiger partial charge in [0, 0.05) is 11.5 Å². The molecule has 3 N–H and O–H groups in total. The summed E-state index contributed by atoms with van der Waals surface area (Å²) in [7, 11) is 0. The summed E-state index contributed by atoms with van der Waals surface area (Å²) in [6.45, 7) is 0. The van der Waals surface area contributed by atoms with E-state index in [4.69, 9.17) is 5.73 Å². The number of carboxylic acids is 1. The molecule has 0 bridgehead atoms. The highest BCUT2D eigenvalue weighted by Crippen LogP contribution is 2.42. The third kappa shape index (κ3) is 2.05. The molecule has 1 heterocycles. The van der Waals surface area contributed by atoms with Gasteiger partial charge in [-0.2, -0.15) is 5.10 Å². The lowest BCUT2D eigenvalue weighted by molar-refractivity contribution is 0.0695. The van der Waals surface area contributed by atoms with Crippen molar-refractivity contribution >= 4 is 11.9 Å². The van der Waals surface area contributed by atoms with E-state index in [0.717, 1.165) is 24.2 Å². The number of nitrogens with two attached hydrogens (primary N) is 1. The van der Waals surface area contributed by atoms with Crippen LogP contribution in [-0.2, 0) is 0 Å². The zero-order chi connectivity index (χ0) is 14.3. The summed E-state index contributed by atoms with van der Waals surface area (Å²) in [4.78, 5) is 22.3. The molecular formula is C14H13N3O3. The van der Waals surface area contributed by atoms with Crippen molar-refractivity contribution in [3.05, 3.63) is 47.3 Å². The molecule has 2 aromatic rings. The molecule has 1 aliphatic carbocycles. The van der Waals surface area contributed by atoms with Crippen LogP contribution in [0, 0.1) is 0 Å². The molecule has 20 heavy (non-hydrogen) atoms. The minimum absolute atomic E-state index is 0.242. The van der Waals surface area contributed by atoms with Gasteiger partial charge in [-0.3, -0.25) is 4.79 Å². The van der Waals surface area contributed by atoms with Crippen LogP contribution in [0.1, 0.15) is 45.2 Å². The monoisotopic (exact) mass is 271 g/mol. The number of aromatic carboxylic acids is 1. The van der Waals surface area contributed by atoms with Crippen LogP contribution in [0.5, 0.6) is 0 Å². The SMILES string of the molecule is NC(=O)c1ccc(-n2ncc(C(=O)O)c2C2CC2)cc1. The van der Waals surface area contributed by atoms with Gasteiger partial charge >= 0.3 is 5.97 Å². The van der Waals surface area contributed by atoms with Crippen molar-refractivity contribution in [3.63, 3.8) is 0 Å². The van der Waals surface area contributed by atoms with Crippen molar-refractivity contribution in [3.8, 4) is 5.69 Å². The van der Waals surface area contributed by atoms with Gasteiger partial charge in [-0.15, -0.1) is 0 Å². The van der Waals surface area contributed by atoms with Gasteiger partial charge in [-0.1, -0.05) is 0 Å². The van der Waals surface area contributed by atoms with Crippen molar-refractivity contribution < 1.29 is 14.7 Å². The van der Waals surface area contributed by atoms with Crippen molar-refractivity contribution in [2.45, 2.75) is 18.8 Å². The first-order chi connectivity index (χ1) is 9.58. The number of nitrogens with zero attached hydrogens (tertiary/aromatic N) is 2. The molecule has 1 aromatic heterocycles. The summed E-state index contributed by atoms with van der Waals surface area (Å²) in [5.74, 6) is -1.21. The van der Waals surface area contributed by atoms with E-state index in [9.17, 15) is 14.7 Å². The summed E-state index contributed by atoms with van der Waals surface area (Å²) < 4.78 is 1.63. The number of hydrogen-bond donors (Lipinski definition) is 2. The van der Waals surface area contributed by atoms with Crippen molar-refractivity contribution in [1.29, 1.82) is 0 Å². The minimum atomic E-state index is -0.966. The van der Waals surface area contributed by atoms with Crippen molar-refractivity contribution in [2.75, 3.05) is 0 Å². The normalized spacial score (nSPS) is 14.2. The van der Waals surface area contributed by atoms with E-state index in [1.54, 1.807) is 28.9 Å². The quantitative estimate of drug-likeness (QED) is 0.881. The molecular weight excluding hydrogens is 258 g/mol. The molecule has 1 aromatic carbocycles. The fourth-order valence-corrected chi connectivity index (χ4v) is 2.24. The Morgan fingerprint density at radius 2 is 1.90 bits per heavy atom. The van der Waals surface area contributed by atoms with Crippen LogP contribution in [0.25, 0.3) is 5.69 Å². The third-order valence-electron chi connectivity index (χ3n) is 3.40. The Labute approximate surface area is 114 Å². The predicted octanol–water partition coefficient (Wildman–Crippen LogP) is 1.55. The zero-order valence-corrected chi connectivity index (χ0v) is 10.6. The molecule has 1 aliphatic rings. The fourth-order valence-electron chi connectivity index (χ4n) is 2.24. The van der Waals surface area contributed by atoms with E-state index in [0.29, 0.717) is 5.56 Å². The van der Waals surface area contributed by atoms with E-state index in [-0.39, 0.29) is 11.5 Å². The van der Waals surface area contributed by atoms with E-state index in [2.05, 4.69) is 5.10 Å². The molecule has 0 atom stereocenters. The highest BCUT2D eigenvalue weighted by atomic mass is 16.4. The first kappa shape index (κ1) is 12.4. The van der Waals surface area contributed by atoms with Crippen LogP contribution in [-0.4, -0.2) is 26.8 Å².